The average molecular weight is 471 g/mol. The van der Waals surface area contributed by atoms with E-state index in [1.807, 2.05) is 37.3 Å². The van der Waals surface area contributed by atoms with Gasteiger partial charge < -0.3 is 15.2 Å². The Kier molecular flexibility index (Phi) is 5.48. The third-order valence-electron chi connectivity index (χ3n) is 5.14. The maximum absolute atomic E-state index is 12.7. The van der Waals surface area contributed by atoms with Gasteiger partial charge in [0.1, 0.15) is 29.8 Å². The molecule has 2 aromatic rings. The number of halogens is 1. The van der Waals surface area contributed by atoms with Gasteiger partial charge >= 0.3 is 0 Å². The van der Waals surface area contributed by atoms with E-state index in [1.165, 1.54) is 0 Å². The number of ether oxygens (including phenoxy) is 2. The molecule has 2 aliphatic rings. The van der Waals surface area contributed by atoms with Crippen molar-refractivity contribution in [3.05, 3.63) is 72.9 Å². The van der Waals surface area contributed by atoms with Crippen LogP contribution in [-0.2, 0) is 16.1 Å². The number of allylic oxidation sites excluding steroid dienone is 3. The van der Waals surface area contributed by atoms with Gasteiger partial charge in [-0.3, -0.25) is 4.79 Å². The lowest BCUT2D eigenvalue weighted by atomic mass is 9.80. The minimum absolute atomic E-state index is 0.0372. The molecule has 148 valence electrons. The maximum atomic E-state index is 12.7. The van der Waals surface area contributed by atoms with Crippen LogP contribution in [0.15, 0.2) is 57.6 Å². The van der Waals surface area contributed by atoms with Crippen molar-refractivity contribution < 1.29 is 14.3 Å². The molecule has 1 aromatic heterocycles. The highest BCUT2D eigenvalue weighted by Crippen LogP contribution is 2.45. The lowest BCUT2D eigenvalue weighted by Gasteiger charge is -2.30. The Morgan fingerprint density at radius 3 is 2.83 bits per heavy atom. The summed E-state index contributed by atoms with van der Waals surface area (Å²) in [5, 5.41) is 9.69. The Bertz CT molecular complexity index is 1080. The molecule has 29 heavy (non-hydrogen) atoms. The van der Waals surface area contributed by atoms with E-state index in [0.717, 1.165) is 32.0 Å². The lowest BCUT2D eigenvalue weighted by molar-refractivity contribution is -0.116. The second-order valence-corrected chi connectivity index (χ2v) is 9.21. The summed E-state index contributed by atoms with van der Waals surface area (Å²) in [5.74, 6) is 1.07. The third-order valence-corrected chi connectivity index (χ3v) is 6.82. The third kappa shape index (κ3) is 3.83. The summed E-state index contributed by atoms with van der Waals surface area (Å²) < 4.78 is 12.5. The van der Waals surface area contributed by atoms with Gasteiger partial charge in [-0.05, 0) is 43.7 Å². The standard InChI is InChI=1S/C22H19BrN2O3S/c1-12-13(11-27-15-7-5-14(23)6-8-15)9-19(29-12)20-16(10-24)22(25)28-18-4-2-3-17(26)21(18)20/h5-9,20H,2-4,11,25H2,1H3/t20-/m0/s1. The fourth-order valence-corrected chi connectivity index (χ4v) is 5.08. The van der Waals surface area contributed by atoms with Crippen LogP contribution in [0.2, 0.25) is 0 Å². The normalized spacial score (nSPS) is 18.9. The summed E-state index contributed by atoms with van der Waals surface area (Å²) in [7, 11) is 0. The van der Waals surface area contributed by atoms with Gasteiger partial charge in [-0.15, -0.1) is 11.3 Å². The van der Waals surface area contributed by atoms with Crippen LogP contribution in [0.4, 0.5) is 0 Å². The van der Waals surface area contributed by atoms with Crippen LogP contribution < -0.4 is 10.5 Å². The number of nitrogens with zero attached hydrogens (tertiary/aromatic N) is 1. The molecule has 4 rings (SSSR count). The molecule has 0 radical (unpaired) electrons. The molecule has 1 aromatic carbocycles. The molecule has 1 atom stereocenters. The second-order valence-electron chi connectivity index (χ2n) is 7.01. The number of ketones is 1. The Labute approximate surface area is 181 Å². The molecule has 5 nitrogen and oxygen atoms in total. The number of Topliss-reactive ketones (excluding diaryl/α,β-unsaturated/α-hetero) is 1. The van der Waals surface area contributed by atoms with Crippen molar-refractivity contribution in [1.29, 1.82) is 5.26 Å². The average Bonchev–Trinajstić information content (AvgIpc) is 3.07. The summed E-state index contributed by atoms with van der Waals surface area (Å²) in [6.45, 7) is 2.43. The smallest absolute Gasteiger partial charge is 0.205 e. The molecule has 0 fully saturated rings. The first kappa shape index (κ1) is 19.7. The first-order valence-electron chi connectivity index (χ1n) is 9.29. The molecular formula is C22H19BrN2O3S. The van der Waals surface area contributed by atoms with Crippen LogP contribution in [0, 0.1) is 18.3 Å². The fourth-order valence-electron chi connectivity index (χ4n) is 3.66. The van der Waals surface area contributed by atoms with Crippen LogP contribution in [0.1, 0.15) is 40.5 Å². The molecule has 0 amide bonds. The molecule has 0 saturated carbocycles. The molecule has 2 N–H and O–H groups in total. The monoisotopic (exact) mass is 470 g/mol. The summed E-state index contributed by atoms with van der Waals surface area (Å²) in [4.78, 5) is 14.7. The number of aryl methyl sites for hydroxylation is 1. The summed E-state index contributed by atoms with van der Waals surface area (Å²) in [6, 6.07) is 11.8. The van der Waals surface area contributed by atoms with Crippen molar-refractivity contribution in [2.75, 3.05) is 0 Å². The quantitative estimate of drug-likeness (QED) is 0.662. The molecule has 0 saturated heterocycles. The van der Waals surface area contributed by atoms with Crippen molar-refractivity contribution in [2.24, 2.45) is 5.73 Å². The zero-order valence-electron chi connectivity index (χ0n) is 15.8. The molecule has 1 aliphatic heterocycles. The van der Waals surface area contributed by atoms with Gasteiger partial charge in [-0.1, -0.05) is 15.9 Å². The highest BCUT2D eigenvalue weighted by molar-refractivity contribution is 9.10. The van der Waals surface area contributed by atoms with Crippen molar-refractivity contribution in [2.45, 2.75) is 38.7 Å². The molecule has 0 unspecified atom stereocenters. The number of rotatable bonds is 4. The molecule has 1 aliphatic carbocycles. The van der Waals surface area contributed by atoms with E-state index in [1.54, 1.807) is 11.3 Å². The maximum Gasteiger partial charge on any atom is 0.205 e. The zero-order chi connectivity index (χ0) is 20.5. The number of carbonyl (C=O) groups excluding carboxylic acids is 1. The summed E-state index contributed by atoms with van der Waals surface area (Å²) in [6.07, 6.45) is 1.89. The van der Waals surface area contributed by atoms with Gasteiger partial charge in [0.25, 0.3) is 0 Å². The van der Waals surface area contributed by atoms with E-state index in [9.17, 15) is 10.1 Å². The van der Waals surface area contributed by atoms with Crippen molar-refractivity contribution in [3.8, 4) is 11.8 Å². The SMILES string of the molecule is Cc1sc([C@@H]2C(C#N)=C(N)OC3=C2C(=O)CCC3)cc1COc1ccc(Br)cc1. The van der Waals surface area contributed by atoms with Crippen molar-refractivity contribution in [3.63, 3.8) is 0 Å². The minimum Gasteiger partial charge on any atom is -0.489 e. The van der Waals surface area contributed by atoms with Crippen molar-refractivity contribution >= 4 is 33.0 Å². The topological polar surface area (TPSA) is 85.3 Å². The number of nitrogens with two attached hydrogens (primary N) is 1. The fraction of sp³-hybridized carbons (Fsp3) is 0.273. The highest BCUT2D eigenvalue weighted by Gasteiger charge is 2.38. The van der Waals surface area contributed by atoms with E-state index in [0.29, 0.717) is 36.4 Å². The van der Waals surface area contributed by atoms with E-state index < -0.39 is 5.92 Å². The Morgan fingerprint density at radius 2 is 2.10 bits per heavy atom. The van der Waals surface area contributed by atoms with Crippen LogP contribution >= 0.6 is 27.3 Å². The number of hydrogen-bond acceptors (Lipinski definition) is 6. The van der Waals surface area contributed by atoms with Gasteiger partial charge in [-0.2, -0.15) is 5.26 Å². The van der Waals surface area contributed by atoms with Crippen LogP contribution in [-0.4, -0.2) is 5.78 Å². The second kappa shape index (κ2) is 8.05. The van der Waals surface area contributed by atoms with Gasteiger partial charge in [0.2, 0.25) is 5.88 Å². The van der Waals surface area contributed by atoms with Crippen LogP contribution in [0.5, 0.6) is 5.75 Å². The van der Waals surface area contributed by atoms with Crippen molar-refractivity contribution in [1.82, 2.24) is 0 Å². The number of nitriles is 1. The van der Waals surface area contributed by atoms with E-state index in [-0.39, 0.29) is 11.7 Å². The number of thiophene rings is 1. The van der Waals surface area contributed by atoms with E-state index >= 15 is 0 Å². The summed E-state index contributed by atoms with van der Waals surface area (Å²) >= 11 is 4.98. The Balaban J connectivity index is 1.66. The predicted molar refractivity (Wildman–Crippen MR) is 114 cm³/mol. The lowest BCUT2D eigenvalue weighted by Crippen LogP contribution is -2.27. The zero-order valence-corrected chi connectivity index (χ0v) is 18.2. The minimum atomic E-state index is -0.457. The largest absolute Gasteiger partial charge is 0.489 e. The van der Waals surface area contributed by atoms with Crippen LogP contribution in [0.3, 0.4) is 0 Å². The van der Waals surface area contributed by atoms with Gasteiger partial charge in [-0.25, -0.2) is 0 Å². The van der Waals surface area contributed by atoms with Crippen LogP contribution in [0.25, 0.3) is 0 Å². The van der Waals surface area contributed by atoms with Gasteiger partial charge in [0.15, 0.2) is 5.78 Å². The first-order valence-corrected chi connectivity index (χ1v) is 10.9. The molecule has 7 heteroatoms. The Hall–Kier alpha value is -2.56. The molecule has 0 spiro atoms. The molecule has 0 bridgehead atoms. The molecule has 2 heterocycles. The first-order chi connectivity index (χ1) is 14.0. The van der Waals surface area contributed by atoms with Gasteiger partial charge in [0, 0.05) is 38.2 Å². The molecular weight excluding hydrogens is 452 g/mol. The number of carbonyl (C=O) groups is 1. The van der Waals surface area contributed by atoms with E-state index in [4.69, 9.17) is 15.2 Å². The number of benzene rings is 1. The summed E-state index contributed by atoms with van der Waals surface area (Å²) in [5.41, 5.74) is 7.95. The highest BCUT2D eigenvalue weighted by atomic mass is 79.9. The predicted octanol–water partition coefficient (Wildman–Crippen LogP) is 5.21. The number of hydrogen-bond donors (Lipinski definition) is 1. The van der Waals surface area contributed by atoms with E-state index in [2.05, 4.69) is 22.0 Å². The Morgan fingerprint density at radius 1 is 1.34 bits per heavy atom. The van der Waals surface area contributed by atoms with Gasteiger partial charge in [0.05, 0.1) is 5.92 Å².